The molecule has 0 saturated heterocycles. The van der Waals surface area contributed by atoms with Crippen molar-refractivity contribution in [2.75, 3.05) is 12.5 Å². The van der Waals surface area contributed by atoms with E-state index in [1.54, 1.807) is 17.6 Å². The standard InChI is InChI=1S/C15H11F5N2O2/c1-24-6-7-2-4-8(5-3-7)15(23)22-21-14-12(19)10(17)9(16)11(18)13(14)20/h2-5,21H,6H2,1H3,(H,22,23). The first kappa shape index (κ1) is 17.7. The van der Waals surface area contributed by atoms with Crippen molar-refractivity contribution in [3.63, 3.8) is 0 Å². The van der Waals surface area contributed by atoms with Gasteiger partial charge in [0.2, 0.25) is 5.82 Å². The molecule has 0 heterocycles. The summed E-state index contributed by atoms with van der Waals surface area (Å²) in [4.78, 5) is 11.8. The lowest BCUT2D eigenvalue weighted by Gasteiger charge is -2.12. The third kappa shape index (κ3) is 3.46. The van der Waals surface area contributed by atoms with E-state index in [2.05, 4.69) is 0 Å². The largest absolute Gasteiger partial charge is 0.380 e. The number of amides is 1. The molecule has 0 fully saturated rings. The number of halogens is 5. The van der Waals surface area contributed by atoms with Crippen LogP contribution in [0, 0.1) is 29.1 Å². The summed E-state index contributed by atoms with van der Waals surface area (Å²) < 4.78 is 70.8. The topological polar surface area (TPSA) is 50.4 Å². The Morgan fingerprint density at radius 3 is 1.92 bits per heavy atom. The predicted octanol–water partition coefficient (Wildman–Crippen LogP) is 3.29. The first-order valence-corrected chi connectivity index (χ1v) is 6.52. The molecular weight excluding hydrogens is 335 g/mol. The fourth-order valence-corrected chi connectivity index (χ4v) is 1.83. The average Bonchev–Trinajstić information content (AvgIpc) is 2.59. The van der Waals surface area contributed by atoms with Crippen molar-refractivity contribution < 1.29 is 31.5 Å². The minimum Gasteiger partial charge on any atom is -0.380 e. The maximum absolute atomic E-state index is 13.4. The summed E-state index contributed by atoms with van der Waals surface area (Å²) in [5.74, 6) is -11.5. The summed E-state index contributed by atoms with van der Waals surface area (Å²) in [7, 11) is 1.49. The van der Waals surface area contributed by atoms with Gasteiger partial charge >= 0.3 is 0 Å². The maximum Gasteiger partial charge on any atom is 0.269 e. The first-order valence-electron chi connectivity index (χ1n) is 6.52. The molecule has 0 bridgehead atoms. The van der Waals surface area contributed by atoms with Crippen LogP contribution >= 0.6 is 0 Å². The summed E-state index contributed by atoms with van der Waals surface area (Å²) in [5, 5.41) is 0. The number of ether oxygens (including phenoxy) is 1. The highest BCUT2D eigenvalue weighted by Gasteiger charge is 2.26. The molecule has 2 aromatic carbocycles. The van der Waals surface area contributed by atoms with E-state index in [4.69, 9.17) is 4.74 Å². The lowest BCUT2D eigenvalue weighted by molar-refractivity contribution is 0.0962. The Bertz CT molecular complexity index is 736. The van der Waals surface area contributed by atoms with Gasteiger partial charge in [-0.1, -0.05) is 12.1 Å². The molecule has 0 aliphatic carbocycles. The molecular formula is C15H11F5N2O2. The molecule has 128 valence electrons. The normalized spacial score (nSPS) is 10.6. The van der Waals surface area contributed by atoms with Crippen LogP contribution in [0.1, 0.15) is 15.9 Å². The van der Waals surface area contributed by atoms with Crippen LogP contribution in [0.2, 0.25) is 0 Å². The molecule has 0 aliphatic heterocycles. The quantitative estimate of drug-likeness (QED) is 0.378. The molecule has 0 spiro atoms. The molecule has 2 rings (SSSR count). The van der Waals surface area contributed by atoms with Crippen LogP contribution in [0.3, 0.4) is 0 Å². The number of benzene rings is 2. The maximum atomic E-state index is 13.4. The lowest BCUT2D eigenvalue weighted by atomic mass is 10.1. The van der Waals surface area contributed by atoms with E-state index < -0.39 is 40.7 Å². The van der Waals surface area contributed by atoms with Crippen LogP contribution in [0.25, 0.3) is 0 Å². The van der Waals surface area contributed by atoms with Crippen LogP contribution in [0.15, 0.2) is 24.3 Å². The number of hydrazine groups is 1. The Balaban J connectivity index is 2.15. The Morgan fingerprint density at radius 1 is 0.917 bits per heavy atom. The van der Waals surface area contributed by atoms with Gasteiger partial charge in [-0.2, -0.15) is 0 Å². The van der Waals surface area contributed by atoms with Crippen molar-refractivity contribution in [1.29, 1.82) is 0 Å². The van der Waals surface area contributed by atoms with Gasteiger partial charge in [0.25, 0.3) is 5.91 Å². The number of methoxy groups -OCH3 is 1. The zero-order valence-electron chi connectivity index (χ0n) is 12.2. The van der Waals surface area contributed by atoms with Crippen molar-refractivity contribution >= 4 is 11.6 Å². The molecule has 24 heavy (non-hydrogen) atoms. The molecule has 4 nitrogen and oxygen atoms in total. The fourth-order valence-electron chi connectivity index (χ4n) is 1.83. The van der Waals surface area contributed by atoms with Gasteiger partial charge in [-0.05, 0) is 17.7 Å². The van der Waals surface area contributed by atoms with Crippen molar-refractivity contribution in [2.45, 2.75) is 6.61 Å². The molecule has 0 unspecified atom stereocenters. The van der Waals surface area contributed by atoms with E-state index in [9.17, 15) is 26.7 Å². The number of rotatable bonds is 5. The van der Waals surface area contributed by atoms with Crippen molar-refractivity contribution in [1.82, 2.24) is 5.43 Å². The van der Waals surface area contributed by atoms with Crippen molar-refractivity contribution in [3.8, 4) is 0 Å². The predicted molar refractivity (Wildman–Crippen MR) is 74.5 cm³/mol. The Morgan fingerprint density at radius 2 is 1.42 bits per heavy atom. The zero-order valence-corrected chi connectivity index (χ0v) is 12.2. The number of hydrogen-bond acceptors (Lipinski definition) is 3. The van der Waals surface area contributed by atoms with E-state index in [1.807, 2.05) is 5.43 Å². The van der Waals surface area contributed by atoms with Crippen molar-refractivity contribution in [2.24, 2.45) is 0 Å². The molecule has 2 aromatic rings. The molecule has 0 aromatic heterocycles. The molecule has 0 saturated carbocycles. The third-order valence-electron chi connectivity index (χ3n) is 3.04. The van der Waals surface area contributed by atoms with E-state index in [-0.39, 0.29) is 5.56 Å². The molecule has 1 amide bonds. The second kappa shape index (κ2) is 7.26. The van der Waals surface area contributed by atoms with Crippen LogP contribution in [0.5, 0.6) is 0 Å². The average molecular weight is 346 g/mol. The van der Waals surface area contributed by atoms with Crippen LogP contribution in [0.4, 0.5) is 27.6 Å². The van der Waals surface area contributed by atoms with Gasteiger partial charge < -0.3 is 4.74 Å². The first-order chi connectivity index (χ1) is 11.4. The fraction of sp³-hybridized carbons (Fsp3) is 0.133. The number of hydrogen-bond donors (Lipinski definition) is 2. The van der Waals surface area contributed by atoms with Crippen LogP contribution < -0.4 is 10.9 Å². The number of carbonyl (C=O) groups excluding carboxylic acids is 1. The highest BCUT2D eigenvalue weighted by atomic mass is 19.2. The number of carbonyl (C=O) groups is 1. The highest BCUT2D eigenvalue weighted by Crippen LogP contribution is 2.26. The van der Waals surface area contributed by atoms with Gasteiger partial charge in [-0.15, -0.1) is 0 Å². The monoisotopic (exact) mass is 346 g/mol. The van der Waals surface area contributed by atoms with Crippen LogP contribution in [-0.4, -0.2) is 13.0 Å². The third-order valence-corrected chi connectivity index (χ3v) is 3.04. The van der Waals surface area contributed by atoms with E-state index in [0.29, 0.717) is 6.61 Å². The zero-order chi connectivity index (χ0) is 17.9. The molecule has 0 atom stereocenters. The van der Waals surface area contributed by atoms with Gasteiger partial charge in [0, 0.05) is 12.7 Å². The van der Waals surface area contributed by atoms with E-state index >= 15 is 0 Å². The van der Waals surface area contributed by atoms with Crippen molar-refractivity contribution in [3.05, 3.63) is 64.5 Å². The Kier molecular flexibility index (Phi) is 5.35. The summed E-state index contributed by atoms with van der Waals surface area (Å²) >= 11 is 0. The summed E-state index contributed by atoms with van der Waals surface area (Å²) in [6, 6.07) is 5.97. The van der Waals surface area contributed by atoms with Crippen LogP contribution in [-0.2, 0) is 11.3 Å². The smallest absolute Gasteiger partial charge is 0.269 e. The minimum atomic E-state index is -2.28. The van der Waals surface area contributed by atoms with Gasteiger partial charge in [-0.3, -0.25) is 15.6 Å². The summed E-state index contributed by atoms with van der Waals surface area (Å²) in [6.45, 7) is 0.324. The second-order valence-corrected chi connectivity index (χ2v) is 4.65. The molecule has 2 N–H and O–H groups in total. The SMILES string of the molecule is COCc1ccc(C(=O)NNc2c(F)c(F)c(F)c(F)c2F)cc1. The Labute approximate surface area is 133 Å². The Hall–Kier alpha value is -2.68. The molecule has 0 radical (unpaired) electrons. The highest BCUT2D eigenvalue weighted by molar-refractivity contribution is 5.94. The second-order valence-electron chi connectivity index (χ2n) is 4.65. The van der Waals surface area contributed by atoms with E-state index in [1.165, 1.54) is 19.2 Å². The van der Waals surface area contributed by atoms with Gasteiger partial charge in [-0.25, -0.2) is 22.0 Å². The molecule has 9 heteroatoms. The van der Waals surface area contributed by atoms with E-state index in [0.717, 1.165) is 5.56 Å². The number of anilines is 1. The van der Waals surface area contributed by atoms with Gasteiger partial charge in [0.15, 0.2) is 23.3 Å². The van der Waals surface area contributed by atoms with Gasteiger partial charge in [0.05, 0.1) is 6.61 Å². The summed E-state index contributed by atoms with van der Waals surface area (Å²) in [5.41, 5.74) is 3.10. The lowest BCUT2D eigenvalue weighted by Crippen LogP contribution is -2.31. The van der Waals surface area contributed by atoms with Gasteiger partial charge in [0.1, 0.15) is 5.69 Å². The molecule has 0 aliphatic rings. The minimum absolute atomic E-state index is 0.103. The number of nitrogens with one attached hydrogen (secondary N) is 2. The summed E-state index contributed by atoms with van der Waals surface area (Å²) in [6.07, 6.45) is 0.